The molecule has 0 fully saturated rings. The molecule has 6 heteroatoms. The molecule has 0 aliphatic heterocycles. The molecule has 3 aromatic rings. The molecule has 0 bridgehead atoms. The van der Waals surface area contributed by atoms with E-state index >= 15 is 0 Å². The van der Waals surface area contributed by atoms with Crippen LogP contribution in [0.25, 0.3) is 11.3 Å². The average Bonchev–Trinajstić information content (AvgIpc) is 3.14. The van der Waals surface area contributed by atoms with E-state index in [0.717, 1.165) is 11.1 Å². The molecular weight excluding hydrogens is 349 g/mol. The van der Waals surface area contributed by atoms with Gasteiger partial charge in [-0.15, -0.1) is 0 Å². The Bertz CT molecular complexity index is 918. The van der Waals surface area contributed by atoms with Gasteiger partial charge in [0.05, 0.1) is 19.7 Å². The largest absolute Gasteiger partial charge is 0.496 e. The van der Waals surface area contributed by atoms with E-state index in [1.54, 1.807) is 6.20 Å². The third kappa shape index (κ3) is 4.94. The van der Waals surface area contributed by atoms with Crippen molar-refractivity contribution in [2.45, 2.75) is 26.4 Å². The molecule has 0 radical (unpaired) electrons. The molecule has 140 valence electrons. The summed E-state index contributed by atoms with van der Waals surface area (Å²) in [5.74, 6) is 0.759. The molecule has 0 unspecified atom stereocenters. The van der Waals surface area contributed by atoms with Crippen LogP contribution in [0.3, 0.4) is 0 Å². The predicted octanol–water partition coefficient (Wildman–Crippen LogP) is 4.47. The summed E-state index contributed by atoms with van der Waals surface area (Å²) < 4.78 is 29.3. The number of methoxy groups -OCH3 is 1. The molecule has 0 saturated carbocycles. The topological polar surface area (TPSA) is 61.6 Å². The van der Waals surface area contributed by atoms with Crippen LogP contribution >= 0.6 is 0 Å². The number of carbonyl (C=O) groups is 1. The van der Waals surface area contributed by atoms with Gasteiger partial charge in [-0.1, -0.05) is 29.8 Å². The van der Waals surface area contributed by atoms with E-state index in [4.69, 9.17) is 13.9 Å². The minimum absolute atomic E-state index is 0.0556. The van der Waals surface area contributed by atoms with E-state index in [2.05, 4.69) is 4.98 Å². The summed E-state index contributed by atoms with van der Waals surface area (Å²) >= 11 is 0. The number of halogens is 1. The lowest BCUT2D eigenvalue weighted by molar-refractivity contribution is -0.145. The number of ether oxygens (including phenoxy) is 2. The zero-order valence-electron chi connectivity index (χ0n) is 15.2. The van der Waals surface area contributed by atoms with E-state index in [0.29, 0.717) is 29.4 Å². The second kappa shape index (κ2) is 8.49. The van der Waals surface area contributed by atoms with Gasteiger partial charge in [0.2, 0.25) is 0 Å². The van der Waals surface area contributed by atoms with Crippen molar-refractivity contribution in [3.05, 3.63) is 71.5 Å². The van der Waals surface area contributed by atoms with Gasteiger partial charge in [0.1, 0.15) is 18.2 Å². The van der Waals surface area contributed by atoms with Crippen LogP contribution in [0.5, 0.6) is 5.75 Å². The highest BCUT2D eigenvalue weighted by Crippen LogP contribution is 2.22. The molecule has 3 rings (SSSR count). The third-order valence-electron chi connectivity index (χ3n) is 4.06. The lowest BCUT2D eigenvalue weighted by Crippen LogP contribution is -2.07. The highest BCUT2D eigenvalue weighted by atomic mass is 19.1. The van der Waals surface area contributed by atoms with Gasteiger partial charge in [-0.2, -0.15) is 0 Å². The molecule has 5 nitrogen and oxygen atoms in total. The summed E-state index contributed by atoms with van der Waals surface area (Å²) in [4.78, 5) is 16.2. The number of benzene rings is 2. The quantitative estimate of drug-likeness (QED) is 0.575. The summed E-state index contributed by atoms with van der Waals surface area (Å²) in [5.41, 5.74) is 2.57. The Balaban J connectivity index is 1.52. The Morgan fingerprint density at radius 3 is 2.70 bits per heavy atom. The minimum Gasteiger partial charge on any atom is -0.496 e. The summed E-state index contributed by atoms with van der Waals surface area (Å²) in [6, 6.07) is 12.0. The Morgan fingerprint density at radius 2 is 1.96 bits per heavy atom. The van der Waals surface area contributed by atoms with Crippen LogP contribution in [0.4, 0.5) is 4.39 Å². The minimum atomic E-state index is -0.420. The SMILES string of the molecule is COc1ccc(F)cc1COC(=O)CCc1ncc(-c2ccc(C)cc2)o1. The van der Waals surface area contributed by atoms with E-state index in [9.17, 15) is 9.18 Å². The molecule has 0 amide bonds. The first-order valence-electron chi connectivity index (χ1n) is 8.55. The number of oxazole rings is 1. The highest BCUT2D eigenvalue weighted by molar-refractivity contribution is 5.69. The van der Waals surface area contributed by atoms with E-state index in [1.807, 2.05) is 31.2 Å². The molecule has 1 heterocycles. The number of hydrogen-bond donors (Lipinski definition) is 0. The van der Waals surface area contributed by atoms with Gasteiger partial charge in [-0.05, 0) is 25.1 Å². The van der Waals surface area contributed by atoms with Gasteiger partial charge < -0.3 is 13.9 Å². The molecule has 27 heavy (non-hydrogen) atoms. The standard InChI is InChI=1S/C21H20FNO4/c1-14-3-5-15(6-4-14)19-12-23-20(27-19)9-10-21(24)26-13-16-11-17(22)7-8-18(16)25-2/h3-8,11-12H,9-10,13H2,1-2H3. The Hall–Kier alpha value is -3.15. The smallest absolute Gasteiger partial charge is 0.306 e. The Kier molecular flexibility index (Phi) is 5.86. The summed E-state index contributed by atoms with van der Waals surface area (Å²) in [7, 11) is 1.48. The number of hydrogen-bond acceptors (Lipinski definition) is 5. The van der Waals surface area contributed by atoms with Crippen molar-refractivity contribution in [3.63, 3.8) is 0 Å². The fourth-order valence-corrected chi connectivity index (χ4v) is 2.58. The summed E-state index contributed by atoms with van der Waals surface area (Å²) in [6.07, 6.45) is 2.08. The van der Waals surface area contributed by atoms with Crippen LogP contribution in [0.1, 0.15) is 23.4 Å². The normalized spacial score (nSPS) is 10.6. The maximum Gasteiger partial charge on any atom is 0.306 e. The van der Waals surface area contributed by atoms with Crippen molar-refractivity contribution in [2.24, 2.45) is 0 Å². The van der Waals surface area contributed by atoms with Gasteiger partial charge in [0.15, 0.2) is 11.7 Å². The second-order valence-electron chi connectivity index (χ2n) is 6.10. The molecule has 0 saturated heterocycles. The number of carbonyl (C=O) groups excluding carboxylic acids is 1. The van der Waals surface area contributed by atoms with Crippen LogP contribution in [0, 0.1) is 12.7 Å². The molecule has 0 atom stereocenters. The molecule has 1 aromatic heterocycles. The van der Waals surface area contributed by atoms with Crippen molar-refractivity contribution in [1.29, 1.82) is 0 Å². The van der Waals surface area contributed by atoms with Crippen molar-refractivity contribution in [3.8, 4) is 17.1 Å². The monoisotopic (exact) mass is 369 g/mol. The van der Waals surface area contributed by atoms with Crippen LogP contribution in [-0.4, -0.2) is 18.1 Å². The van der Waals surface area contributed by atoms with E-state index in [1.165, 1.54) is 25.3 Å². The van der Waals surface area contributed by atoms with Crippen LogP contribution in [0.2, 0.25) is 0 Å². The van der Waals surface area contributed by atoms with E-state index < -0.39 is 11.8 Å². The molecule has 0 spiro atoms. The molecule has 2 aromatic carbocycles. The average molecular weight is 369 g/mol. The maximum absolute atomic E-state index is 13.3. The number of aromatic nitrogens is 1. The lowest BCUT2D eigenvalue weighted by atomic mass is 10.1. The number of aryl methyl sites for hydroxylation is 2. The third-order valence-corrected chi connectivity index (χ3v) is 4.06. The molecule has 0 N–H and O–H groups in total. The zero-order chi connectivity index (χ0) is 19.2. The van der Waals surface area contributed by atoms with Crippen molar-refractivity contribution in [2.75, 3.05) is 7.11 Å². The highest BCUT2D eigenvalue weighted by Gasteiger charge is 2.12. The summed E-state index contributed by atoms with van der Waals surface area (Å²) in [5, 5.41) is 0. The fourth-order valence-electron chi connectivity index (χ4n) is 2.58. The van der Waals surface area contributed by atoms with Gasteiger partial charge in [-0.25, -0.2) is 9.37 Å². The first-order chi connectivity index (χ1) is 13.0. The van der Waals surface area contributed by atoms with Gasteiger partial charge >= 0.3 is 5.97 Å². The van der Waals surface area contributed by atoms with Gasteiger partial charge in [0, 0.05) is 17.5 Å². The lowest BCUT2D eigenvalue weighted by Gasteiger charge is -2.09. The molecule has 0 aliphatic rings. The fraction of sp³-hybridized carbons (Fsp3) is 0.238. The first kappa shape index (κ1) is 18.6. The van der Waals surface area contributed by atoms with Gasteiger partial charge in [0.25, 0.3) is 0 Å². The number of rotatable bonds is 7. The summed E-state index contributed by atoms with van der Waals surface area (Å²) in [6.45, 7) is 1.96. The molecular formula is C21H20FNO4. The predicted molar refractivity (Wildman–Crippen MR) is 97.7 cm³/mol. The van der Waals surface area contributed by atoms with Crippen LogP contribution in [-0.2, 0) is 22.6 Å². The Labute approximate surface area is 156 Å². The van der Waals surface area contributed by atoms with Crippen molar-refractivity contribution >= 4 is 5.97 Å². The van der Waals surface area contributed by atoms with Crippen molar-refractivity contribution < 1.29 is 23.1 Å². The first-order valence-corrected chi connectivity index (χ1v) is 8.55. The Morgan fingerprint density at radius 1 is 1.19 bits per heavy atom. The van der Waals surface area contributed by atoms with E-state index in [-0.39, 0.29) is 13.0 Å². The van der Waals surface area contributed by atoms with Gasteiger partial charge in [-0.3, -0.25) is 4.79 Å². The number of nitrogens with zero attached hydrogens (tertiary/aromatic N) is 1. The van der Waals surface area contributed by atoms with Crippen LogP contribution in [0.15, 0.2) is 53.1 Å². The maximum atomic E-state index is 13.3. The van der Waals surface area contributed by atoms with Crippen molar-refractivity contribution in [1.82, 2.24) is 4.98 Å². The number of esters is 1. The molecule has 0 aliphatic carbocycles. The second-order valence-corrected chi connectivity index (χ2v) is 6.10. The zero-order valence-corrected chi connectivity index (χ0v) is 15.2. The van der Waals surface area contributed by atoms with Crippen LogP contribution < -0.4 is 4.74 Å².